The lowest BCUT2D eigenvalue weighted by atomic mass is 9.94. The minimum atomic E-state index is 0.174. The monoisotopic (exact) mass is 365 g/mol. The van der Waals surface area contributed by atoms with Gasteiger partial charge in [-0.15, -0.1) is 11.3 Å². The van der Waals surface area contributed by atoms with Crippen molar-refractivity contribution in [3.63, 3.8) is 0 Å². The molecule has 0 bridgehead atoms. The molecule has 4 nitrogen and oxygen atoms in total. The molecule has 2 aliphatic rings. The Bertz CT molecular complexity index is 813. The predicted molar refractivity (Wildman–Crippen MR) is 103 cm³/mol. The summed E-state index contributed by atoms with van der Waals surface area (Å²) in [5.74, 6) is 0.521. The number of carbonyl (C=O) groups excluding carboxylic acids is 1. The molecule has 134 valence electrons. The molecule has 0 unspecified atom stereocenters. The maximum Gasteiger partial charge on any atom is 0.226 e. The van der Waals surface area contributed by atoms with E-state index in [-0.39, 0.29) is 5.92 Å². The number of piperidine rings is 1. The molecule has 2 aliphatic heterocycles. The largest absolute Gasteiger partial charge is 0.338 e. The molecule has 5 heteroatoms. The molecule has 0 atom stereocenters. The number of carbonyl (C=O) groups is 1. The van der Waals surface area contributed by atoms with Crippen LogP contribution in [0.25, 0.3) is 0 Å². The summed E-state index contributed by atoms with van der Waals surface area (Å²) in [6, 6.07) is 12.1. The number of amides is 1. The van der Waals surface area contributed by atoms with E-state index in [1.807, 2.05) is 35.6 Å². The lowest BCUT2D eigenvalue weighted by Gasteiger charge is -2.35. The molecule has 1 saturated heterocycles. The zero-order valence-corrected chi connectivity index (χ0v) is 15.7. The van der Waals surface area contributed by atoms with E-state index in [1.54, 1.807) is 0 Å². The Morgan fingerprint density at radius 1 is 1.15 bits per heavy atom. The van der Waals surface area contributed by atoms with Crippen LogP contribution in [0.3, 0.4) is 0 Å². The Balaban J connectivity index is 1.29. The molecule has 2 aromatic rings. The number of rotatable bonds is 3. The van der Waals surface area contributed by atoms with Crippen molar-refractivity contribution in [3.05, 3.63) is 57.3 Å². The normalized spacial score (nSPS) is 18.3. The summed E-state index contributed by atoms with van der Waals surface area (Å²) in [6.07, 6.45) is 2.90. The first-order valence-electron chi connectivity index (χ1n) is 9.28. The standard InChI is InChI=1S/C21H23N3OS/c22-13-16-1-3-17(4-2-16)14-23-9-5-18(6-10-23)21(25)24-11-7-20-19(15-24)8-12-26-20/h1-4,8,12,18H,5-7,9-11,14-15H2. The maximum atomic E-state index is 12.9. The van der Waals surface area contributed by atoms with Crippen molar-refractivity contribution >= 4 is 17.2 Å². The number of nitrogens with zero attached hydrogens (tertiary/aromatic N) is 3. The van der Waals surface area contributed by atoms with Crippen molar-refractivity contribution in [1.29, 1.82) is 5.26 Å². The Labute approximate surface area is 158 Å². The fourth-order valence-corrected chi connectivity index (χ4v) is 4.87. The summed E-state index contributed by atoms with van der Waals surface area (Å²) in [6.45, 7) is 4.50. The first kappa shape index (κ1) is 17.3. The maximum absolute atomic E-state index is 12.9. The van der Waals surface area contributed by atoms with Gasteiger partial charge in [-0.1, -0.05) is 12.1 Å². The molecule has 1 aromatic heterocycles. The summed E-state index contributed by atoms with van der Waals surface area (Å²) < 4.78 is 0. The molecule has 0 saturated carbocycles. The number of hydrogen-bond acceptors (Lipinski definition) is 4. The molecule has 1 fully saturated rings. The zero-order chi connectivity index (χ0) is 17.9. The number of hydrogen-bond donors (Lipinski definition) is 0. The molecule has 4 rings (SSSR count). The number of likely N-dealkylation sites (tertiary alicyclic amines) is 1. The second kappa shape index (κ2) is 7.61. The van der Waals surface area contributed by atoms with Crippen LogP contribution in [-0.4, -0.2) is 35.3 Å². The Morgan fingerprint density at radius 2 is 1.92 bits per heavy atom. The van der Waals surface area contributed by atoms with Crippen LogP contribution >= 0.6 is 11.3 Å². The van der Waals surface area contributed by atoms with Crippen LogP contribution in [0.15, 0.2) is 35.7 Å². The van der Waals surface area contributed by atoms with E-state index in [2.05, 4.69) is 27.3 Å². The van der Waals surface area contributed by atoms with Gasteiger partial charge in [0.15, 0.2) is 0 Å². The average molecular weight is 366 g/mol. The van der Waals surface area contributed by atoms with Crippen LogP contribution in [-0.2, 0) is 24.3 Å². The second-order valence-corrected chi connectivity index (χ2v) is 8.24. The Morgan fingerprint density at radius 3 is 2.65 bits per heavy atom. The molecule has 1 amide bonds. The molecule has 3 heterocycles. The first-order chi connectivity index (χ1) is 12.7. The van der Waals surface area contributed by atoms with Crippen molar-refractivity contribution in [2.45, 2.75) is 32.4 Å². The first-order valence-corrected chi connectivity index (χ1v) is 10.2. The van der Waals surface area contributed by atoms with Gasteiger partial charge in [-0.25, -0.2) is 0 Å². The summed E-state index contributed by atoms with van der Waals surface area (Å²) in [7, 11) is 0. The van der Waals surface area contributed by atoms with E-state index in [9.17, 15) is 4.79 Å². The van der Waals surface area contributed by atoms with Crippen LogP contribution in [0.4, 0.5) is 0 Å². The second-order valence-electron chi connectivity index (χ2n) is 7.24. The summed E-state index contributed by atoms with van der Waals surface area (Å²) >= 11 is 1.82. The summed E-state index contributed by atoms with van der Waals surface area (Å²) in [5.41, 5.74) is 3.27. The average Bonchev–Trinajstić information content (AvgIpc) is 3.16. The van der Waals surface area contributed by atoms with Crippen LogP contribution < -0.4 is 0 Å². The highest BCUT2D eigenvalue weighted by atomic mass is 32.1. The van der Waals surface area contributed by atoms with Crippen LogP contribution in [0.5, 0.6) is 0 Å². The lowest BCUT2D eigenvalue weighted by molar-refractivity contribution is -0.138. The third-order valence-electron chi connectivity index (χ3n) is 5.55. The molecule has 1 aromatic carbocycles. The lowest BCUT2D eigenvalue weighted by Crippen LogP contribution is -2.43. The van der Waals surface area contributed by atoms with Crippen molar-refractivity contribution in [2.75, 3.05) is 19.6 Å². The van der Waals surface area contributed by atoms with E-state index in [0.717, 1.165) is 52.0 Å². The zero-order valence-electron chi connectivity index (χ0n) is 14.9. The van der Waals surface area contributed by atoms with Crippen molar-refractivity contribution in [2.24, 2.45) is 5.92 Å². The molecule has 26 heavy (non-hydrogen) atoms. The fraction of sp³-hybridized carbons (Fsp3) is 0.429. The number of thiophene rings is 1. The van der Waals surface area contributed by atoms with Crippen molar-refractivity contribution in [3.8, 4) is 6.07 Å². The topological polar surface area (TPSA) is 47.3 Å². The third-order valence-corrected chi connectivity index (χ3v) is 6.57. The van der Waals surface area contributed by atoms with Gasteiger partial charge in [0.05, 0.1) is 11.6 Å². The fourth-order valence-electron chi connectivity index (χ4n) is 3.98. The predicted octanol–water partition coefficient (Wildman–Crippen LogP) is 3.42. The van der Waals surface area contributed by atoms with Crippen LogP contribution in [0.1, 0.15) is 34.4 Å². The highest BCUT2D eigenvalue weighted by Crippen LogP contribution is 2.27. The molecule has 0 spiro atoms. The van der Waals surface area contributed by atoms with Gasteiger partial charge in [0.25, 0.3) is 0 Å². The number of nitriles is 1. The van der Waals surface area contributed by atoms with Crippen molar-refractivity contribution < 1.29 is 4.79 Å². The van der Waals surface area contributed by atoms with Gasteiger partial charge in [0, 0.05) is 30.4 Å². The Hall–Kier alpha value is -2.16. The Kier molecular flexibility index (Phi) is 5.05. The van der Waals surface area contributed by atoms with E-state index in [1.165, 1.54) is 16.0 Å². The molecule has 0 radical (unpaired) electrons. The van der Waals surface area contributed by atoms with E-state index < -0.39 is 0 Å². The quantitative estimate of drug-likeness (QED) is 0.837. The van der Waals surface area contributed by atoms with Crippen LogP contribution in [0.2, 0.25) is 0 Å². The third kappa shape index (κ3) is 3.67. The van der Waals surface area contributed by atoms with E-state index >= 15 is 0 Å². The van der Waals surface area contributed by atoms with Gasteiger partial charge in [-0.3, -0.25) is 9.69 Å². The minimum absolute atomic E-state index is 0.174. The van der Waals surface area contributed by atoms with Gasteiger partial charge in [-0.05, 0) is 67.1 Å². The molecule has 0 N–H and O–H groups in total. The van der Waals surface area contributed by atoms with E-state index in [4.69, 9.17) is 5.26 Å². The van der Waals surface area contributed by atoms with E-state index in [0.29, 0.717) is 11.5 Å². The van der Waals surface area contributed by atoms with Gasteiger partial charge in [0.1, 0.15) is 0 Å². The molecular formula is C21H23N3OS. The van der Waals surface area contributed by atoms with Crippen LogP contribution in [0, 0.1) is 17.2 Å². The van der Waals surface area contributed by atoms with Gasteiger partial charge in [-0.2, -0.15) is 5.26 Å². The highest BCUT2D eigenvalue weighted by Gasteiger charge is 2.30. The summed E-state index contributed by atoms with van der Waals surface area (Å²) in [5, 5.41) is 11.0. The van der Waals surface area contributed by atoms with Gasteiger partial charge < -0.3 is 4.90 Å². The molecule has 0 aliphatic carbocycles. The molecular weight excluding hydrogens is 342 g/mol. The summed E-state index contributed by atoms with van der Waals surface area (Å²) in [4.78, 5) is 18.8. The minimum Gasteiger partial charge on any atom is -0.338 e. The number of fused-ring (bicyclic) bond motifs is 1. The highest BCUT2D eigenvalue weighted by molar-refractivity contribution is 7.10. The van der Waals surface area contributed by atoms with Crippen molar-refractivity contribution in [1.82, 2.24) is 9.80 Å². The number of benzene rings is 1. The van der Waals surface area contributed by atoms with Gasteiger partial charge in [0.2, 0.25) is 5.91 Å². The SMILES string of the molecule is N#Cc1ccc(CN2CCC(C(=O)N3CCc4sccc4C3)CC2)cc1. The smallest absolute Gasteiger partial charge is 0.226 e. The van der Waals surface area contributed by atoms with Gasteiger partial charge >= 0.3 is 0 Å².